The minimum atomic E-state index is 0. The topological polar surface area (TPSA) is 0 Å². The molecular weight excluding hydrogens is 176 g/mol. The molecule has 0 spiro atoms. The molecular formula is C10H14Fe. The molecule has 0 atom stereocenters. The molecule has 62 valence electrons. The number of hydrogen-bond donors (Lipinski definition) is 0. The Kier molecular flexibility index (Phi) is 4.48. The van der Waals surface area contributed by atoms with Gasteiger partial charge in [-0.05, 0) is 18.4 Å². The van der Waals surface area contributed by atoms with Gasteiger partial charge in [0, 0.05) is 17.1 Å². The number of rotatable bonds is 1. The predicted molar refractivity (Wildman–Crippen MR) is 45.3 cm³/mol. The van der Waals surface area contributed by atoms with Crippen LogP contribution in [0.5, 0.6) is 0 Å². The van der Waals surface area contributed by atoms with E-state index in [1.54, 1.807) is 0 Å². The van der Waals surface area contributed by atoms with Crippen molar-refractivity contribution in [1.29, 1.82) is 0 Å². The summed E-state index contributed by atoms with van der Waals surface area (Å²) in [6.45, 7) is 6.54. The average molecular weight is 190 g/mol. The number of benzene rings is 1. The maximum atomic E-state index is 2.21. The fourth-order valence-electron chi connectivity index (χ4n) is 0.951. The third-order valence-corrected chi connectivity index (χ3v) is 1.74. The van der Waals surface area contributed by atoms with Gasteiger partial charge in [0.1, 0.15) is 0 Å². The summed E-state index contributed by atoms with van der Waals surface area (Å²) in [5.41, 5.74) is 2.76. The quantitative estimate of drug-likeness (QED) is 0.597. The first-order valence-electron chi connectivity index (χ1n) is 3.76. The van der Waals surface area contributed by atoms with Crippen LogP contribution in [-0.4, -0.2) is 0 Å². The van der Waals surface area contributed by atoms with Crippen LogP contribution < -0.4 is 0 Å². The Bertz CT molecular complexity index is 199. The van der Waals surface area contributed by atoms with Crippen LogP contribution in [0.15, 0.2) is 24.3 Å². The fourth-order valence-corrected chi connectivity index (χ4v) is 0.951. The average Bonchev–Trinajstić information content (AvgIpc) is 1.88. The van der Waals surface area contributed by atoms with Gasteiger partial charge in [0.25, 0.3) is 0 Å². The van der Waals surface area contributed by atoms with Gasteiger partial charge in [0.05, 0.1) is 0 Å². The zero-order valence-corrected chi connectivity index (χ0v) is 8.34. The standard InChI is InChI=1S/C10H14.Fe/c1-8(2)10-6-4-9(3)5-7-10;/h4-8H,1-3H3;. The SMILES string of the molecule is Cc1ccc(C(C)C)cc1.[Fe]. The second-order valence-corrected chi connectivity index (χ2v) is 3.07. The van der Waals surface area contributed by atoms with Gasteiger partial charge in [-0.2, -0.15) is 0 Å². The third kappa shape index (κ3) is 3.09. The van der Waals surface area contributed by atoms with Crippen LogP contribution in [0.25, 0.3) is 0 Å². The fraction of sp³-hybridized carbons (Fsp3) is 0.400. The number of hydrogen-bond acceptors (Lipinski definition) is 0. The van der Waals surface area contributed by atoms with Crippen LogP contribution >= 0.6 is 0 Å². The molecule has 0 saturated heterocycles. The summed E-state index contributed by atoms with van der Waals surface area (Å²) in [7, 11) is 0. The Morgan fingerprint density at radius 3 is 1.82 bits per heavy atom. The van der Waals surface area contributed by atoms with E-state index in [4.69, 9.17) is 0 Å². The predicted octanol–water partition coefficient (Wildman–Crippen LogP) is 3.12. The first-order chi connectivity index (χ1) is 4.70. The number of aryl methyl sites for hydroxylation is 1. The molecule has 0 nitrogen and oxygen atoms in total. The van der Waals surface area contributed by atoms with Gasteiger partial charge in [-0.25, -0.2) is 0 Å². The van der Waals surface area contributed by atoms with E-state index in [9.17, 15) is 0 Å². The van der Waals surface area contributed by atoms with Gasteiger partial charge in [-0.1, -0.05) is 43.7 Å². The van der Waals surface area contributed by atoms with Crippen molar-refractivity contribution >= 4 is 0 Å². The van der Waals surface area contributed by atoms with Crippen LogP contribution in [-0.2, 0) is 17.1 Å². The molecule has 0 bridgehead atoms. The first kappa shape index (κ1) is 10.7. The second kappa shape index (κ2) is 4.58. The minimum Gasteiger partial charge on any atom is -0.0590 e. The van der Waals surface area contributed by atoms with Crippen molar-refractivity contribution in [2.75, 3.05) is 0 Å². The largest absolute Gasteiger partial charge is 0.0590 e. The molecule has 0 aliphatic heterocycles. The Hall–Kier alpha value is -0.261. The molecule has 0 unspecified atom stereocenters. The van der Waals surface area contributed by atoms with E-state index in [2.05, 4.69) is 45.0 Å². The molecule has 0 fully saturated rings. The Balaban J connectivity index is 0.000001000. The van der Waals surface area contributed by atoms with Crippen LogP contribution in [0.1, 0.15) is 30.9 Å². The van der Waals surface area contributed by atoms with Crippen molar-refractivity contribution in [1.82, 2.24) is 0 Å². The Labute approximate surface area is 79.5 Å². The zero-order valence-electron chi connectivity index (χ0n) is 7.24. The maximum Gasteiger partial charge on any atom is 0 e. The van der Waals surface area contributed by atoms with Gasteiger partial charge in [0.2, 0.25) is 0 Å². The van der Waals surface area contributed by atoms with Crippen LogP contribution in [0.3, 0.4) is 0 Å². The molecule has 1 rings (SSSR count). The van der Waals surface area contributed by atoms with Crippen molar-refractivity contribution in [3.63, 3.8) is 0 Å². The van der Waals surface area contributed by atoms with E-state index < -0.39 is 0 Å². The van der Waals surface area contributed by atoms with Crippen molar-refractivity contribution in [2.24, 2.45) is 0 Å². The van der Waals surface area contributed by atoms with Crippen LogP contribution in [0, 0.1) is 6.92 Å². The normalized spacial score (nSPS) is 9.45. The molecule has 0 radical (unpaired) electrons. The molecule has 1 aromatic rings. The van der Waals surface area contributed by atoms with Gasteiger partial charge < -0.3 is 0 Å². The molecule has 11 heavy (non-hydrogen) atoms. The summed E-state index contributed by atoms with van der Waals surface area (Å²) in [5.74, 6) is 0.653. The van der Waals surface area contributed by atoms with E-state index in [1.807, 2.05) is 0 Å². The smallest absolute Gasteiger partial charge is 0 e. The van der Waals surface area contributed by atoms with E-state index in [-0.39, 0.29) is 17.1 Å². The van der Waals surface area contributed by atoms with Crippen molar-refractivity contribution in [2.45, 2.75) is 26.7 Å². The molecule has 0 aromatic heterocycles. The second-order valence-electron chi connectivity index (χ2n) is 3.07. The first-order valence-corrected chi connectivity index (χ1v) is 3.76. The van der Waals surface area contributed by atoms with Crippen molar-refractivity contribution in [3.8, 4) is 0 Å². The molecule has 0 heterocycles. The maximum absolute atomic E-state index is 2.21. The third-order valence-electron chi connectivity index (χ3n) is 1.74. The van der Waals surface area contributed by atoms with E-state index in [0.717, 1.165) is 0 Å². The Morgan fingerprint density at radius 2 is 1.45 bits per heavy atom. The molecule has 0 aliphatic rings. The summed E-state index contributed by atoms with van der Waals surface area (Å²) in [4.78, 5) is 0. The van der Waals surface area contributed by atoms with E-state index in [0.29, 0.717) is 5.92 Å². The molecule has 0 aliphatic carbocycles. The van der Waals surface area contributed by atoms with Crippen molar-refractivity contribution < 1.29 is 17.1 Å². The molecule has 1 aromatic carbocycles. The summed E-state index contributed by atoms with van der Waals surface area (Å²) < 4.78 is 0. The summed E-state index contributed by atoms with van der Waals surface area (Å²) in [5, 5.41) is 0. The van der Waals surface area contributed by atoms with Crippen LogP contribution in [0.2, 0.25) is 0 Å². The monoisotopic (exact) mass is 190 g/mol. The molecule has 1 heteroatoms. The van der Waals surface area contributed by atoms with Crippen LogP contribution in [0.4, 0.5) is 0 Å². The molecule has 0 N–H and O–H groups in total. The van der Waals surface area contributed by atoms with E-state index in [1.165, 1.54) is 11.1 Å². The van der Waals surface area contributed by atoms with Gasteiger partial charge in [-0.15, -0.1) is 0 Å². The summed E-state index contributed by atoms with van der Waals surface area (Å²) in [6, 6.07) is 8.71. The molecule has 0 saturated carbocycles. The Morgan fingerprint density at radius 1 is 1.00 bits per heavy atom. The molecule has 0 amide bonds. The summed E-state index contributed by atoms with van der Waals surface area (Å²) >= 11 is 0. The van der Waals surface area contributed by atoms with Gasteiger partial charge in [-0.3, -0.25) is 0 Å². The minimum absolute atomic E-state index is 0. The van der Waals surface area contributed by atoms with E-state index >= 15 is 0 Å². The van der Waals surface area contributed by atoms with Gasteiger partial charge >= 0.3 is 0 Å². The zero-order chi connectivity index (χ0) is 7.56. The summed E-state index contributed by atoms with van der Waals surface area (Å²) in [6.07, 6.45) is 0. The van der Waals surface area contributed by atoms with Crippen molar-refractivity contribution in [3.05, 3.63) is 35.4 Å². The van der Waals surface area contributed by atoms with Gasteiger partial charge in [0.15, 0.2) is 0 Å².